The Labute approximate surface area is 145 Å². The van der Waals surface area contributed by atoms with Gasteiger partial charge in [0.2, 0.25) is 9.84 Å². The lowest BCUT2D eigenvalue weighted by molar-refractivity contribution is -0.305. The second kappa shape index (κ2) is 6.14. The quantitative estimate of drug-likeness (QED) is 0.881. The van der Waals surface area contributed by atoms with E-state index in [0.29, 0.717) is 5.75 Å². The maximum absolute atomic E-state index is 12.8. The Hall–Kier alpha value is -3.00. The summed E-state index contributed by atoms with van der Waals surface area (Å²) in [4.78, 5) is 12.8. The summed E-state index contributed by atoms with van der Waals surface area (Å²) >= 11 is 0. The molecule has 1 amide bonds. The second-order valence-electron chi connectivity index (χ2n) is 5.32. The number of sulfone groups is 1. The molecule has 3 rings (SSSR count). The summed E-state index contributed by atoms with van der Waals surface area (Å²) in [5.74, 6) is -1.53. The maximum atomic E-state index is 12.8. The molecule has 7 nitrogen and oxygen atoms in total. The molecule has 0 saturated heterocycles. The summed E-state index contributed by atoms with van der Waals surface area (Å²) in [5, 5.41) is 14.9. The van der Waals surface area contributed by atoms with Gasteiger partial charge in [-0.25, -0.2) is 8.42 Å². The third-order valence-electron chi connectivity index (χ3n) is 3.85. The van der Waals surface area contributed by atoms with Crippen molar-refractivity contribution in [2.45, 2.75) is 4.90 Å². The lowest BCUT2D eigenvalue weighted by atomic mass is 10.2. The molecule has 0 aromatic heterocycles. The smallest absolute Gasteiger partial charge is 0.268 e. The molecule has 0 fully saturated rings. The minimum Gasteiger partial charge on any atom is -0.859 e. The molecular formula is C17H15N2O5S-. The molecular weight excluding hydrogens is 344 g/mol. The van der Waals surface area contributed by atoms with Gasteiger partial charge < -0.3 is 20.1 Å². The normalized spacial score (nSPS) is 15.5. The van der Waals surface area contributed by atoms with Crippen LogP contribution in [-0.4, -0.2) is 28.5 Å². The SMILES string of the molecule is COc1ccccc1NC(=O)C1=C([O-])N(C)c2ccccc2S1(=O)=O. The van der Waals surface area contributed by atoms with E-state index in [0.717, 1.165) is 4.90 Å². The van der Waals surface area contributed by atoms with Crippen LogP contribution in [0.3, 0.4) is 0 Å². The fourth-order valence-electron chi connectivity index (χ4n) is 2.59. The van der Waals surface area contributed by atoms with Gasteiger partial charge >= 0.3 is 0 Å². The van der Waals surface area contributed by atoms with Crippen LogP contribution in [0.2, 0.25) is 0 Å². The molecule has 1 aliphatic heterocycles. The van der Waals surface area contributed by atoms with E-state index in [2.05, 4.69) is 5.32 Å². The van der Waals surface area contributed by atoms with E-state index in [4.69, 9.17) is 4.74 Å². The fraction of sp³-hybridized carbons (Fsp3) is 0.118. The van der Waals surface area contributed by atoms with E-state index in [9.17, 15) is 18.3 Å². The summed E-state index contributed by atoms with van der Waals surface area (Å²) in [6.45, 7) is 0. The zero-order valence-corrected chi connectivity index (χ0v) is 14.3. The third-order valence-corrected chi connectivity index (χ3v) is 5.67. The lowest BCUT2D eigenvalue weighted by Crippen LogP contribution is -2.38. The zero-order chi connectivity index (χ0) is 18.2. The number of methoxy groups -OCH3 is 1. The Kier molecular flexibility index (Phi) is 4.13. The molecule has 0 unspecified atom stereocenters. The Morgan fingerprint density at radius 1 is 1.12 bits per heavy atom. The Bertz CT molecular complexity index is 982. The van der Waals surface area contributed by atoms with Crippen molar-refractivity contribution in [1.82, 2.24) is 0 Å². The van der Waals surface area contributed by atoms with Gasteiger partial charge in [0.25, 0.3) is 5.91 Å². The highest BCUT2D eigenvalue weighted by molar-refractivity contribution is 7.96. The highest BCUT2D eigenvalue weighted by Crippen LogP contribution is 2.36. The second-order valence-corrected chi connectivity index (χ2v) is 7.17. The number of benzene rings is 2. The Balaban J connectivity index is 2.07. The number of hydrogen-bond acceptors (Lipinski definition) is 6. The van der Waals surface area contributed by atoms with E-state index in [1.807, 2.05) is 0 Å². The summed E-state index contributed by atoms with van der Waals surface area (Å²) in [6.07, 6.45) is 0. The third kappa shape index (κ3) is 2.70. The number of anilines is 2. The zero-order valence-electron chi connectivity index (χ0n) is 13.5. The summed E-state index contributed by atoms with van der Waals surface area (Å²) < 4.78 is 30.7. The van der Waals surface area contributed by atoms with Gasteiger partial charge in [-0.05, 0) is 30.1 Å². The van der Waals surface area contributed by atoms with Gasteiger partial charge in [0, 0.05) is 7.05 Å². The van der Waals surface area contributed by atoms with Gasteiger partial charge in [0.15, 0.2) is 0 Å². The van der Waals surface area contributed by atoms with Crippen molar-refractivity contribution in [3.05, 3.63) is 59.3 Å². The van der Waals surface area contributed by atoms with Crippen molar-refractivity contribution in [3.8, 4) is 5.75 Å². The van der Waals surface area contributed by atoms with E-state index in [1.165, 1.54) is 32.4 Å². The number of hydrogen-bond donors (Lipinski definition) is 1. The van der Waals surface area contributed by atoms with Gasteiger partial charge in [-0.1, -0.05) is 24.3 Å². The first-order valence-corrected chi connectivity index (χ1v) is 8.79. The highest BCUT2D eigenvalue weighted by atomic mass is 32.2. The summed E-state index contributed by atoms with van der Waals surface area (Å²) in [6, 6.07) is 12.6. The molecule has 0 saturated carbocycles. The molecule has 0 spiro atoms. The van der Waals surface area contributed by atoms with Crippen molar-refractivity contribution in [2.24, 2.45) is 0 Å². The van der Waals surface area contributed by atoms with Gasteiger partial charge in [-0.15, -0.1) is 0 Å². The average molecular weight is 359 g/mol. The topological polar surface area (TPSA) is 98.8 Å². The molecule has 0 aliphatic carbocycles. The van der Waals surface area contributed by atoms with E-state index in [1.54, 1.807) is 30.3 Å². The standard InChI is InChI=1S/C17H16N2O5S/c1-19-12-8-4-6-10-14(12)25(22,23)15(17(19)21)16(20)18-11-7-3-5-9-13(11)24-2/h3-10,21H,1-2H3,(H,18,20)/p-1. The molecule has 1 aliphatic rings. The van der Waals surface area contributed by atoms with Crippen LogP contribution in [0.1, 0.15) is 0 Å². The molecule has 2 aromatic carbocycles. The van der Waals surface area contributed by atoms with Gasteiger partial charge in [0.1, 0.15) is 10.7 Å². The molecule has 25 heavy (non-hydrogen) atoms. The maximum Gasteiger partial charge on any atom is 0.268 e. The minimum absolute atomic E-state index is 0.0812. The Morgan fingerprint density at radius 3 is 2.48 bits per heavy atom. The van der Waals surface area contributed by atoms with E-state index in [-0.39, 0.29) is 16.3 Å². The first-order chi connectivity index (χ1) is 11.9. The molecule has 1 heterocycles. The van der Waals surface area contributed by atoms with Gasteiger partial charge in [-0.2, -0.15) is 0 Å². The van der Waals surface area contributed by atoms with Crippen molar-refractivity contribution in [2.75, 3.05) is 24.4 Å². The summed E-state index contributed by atoms with van der Waals surface area (Å²) in [7, 11) is -1.39. The van der Waals surface area contributed by atoms with Crippen LogP contribution in [-0.2, 0) is 14.6 Å². The molecule has 0 radical (unpaired) electrons. The monoisotopic (exact) mass is 359 g/mol. The van der Waals surface area contributed by atoms with E-state index >= 15 is 0 Å². The van der Waals surface area contributed by atoms with Crippen LogP contribution in [0, 0.1) is 0 Å². The number of para-hydroxylation sites is 3. The first-order valence-electron chi connectivity index (χ1n) is 7.31. The molecule has 0 atom stereocenters. The number of amides is 1. The molecule has 0 bridgehead atoms. The van der Waals surface area contributed by atoms with Crippen molar-refractivity contribution in [3.63, 3.8) is 0 Å². The van der Waals surface area contributed by atoms with Crippen LogP contribution in [0.25, 0.3) is 0 Å². The molecule has 130 valence electrons. The van der Waals surface area contributed by atoms with E-state index < -0.39 is 26.5 Å². The number of nitrogens with one attached hydrogen (secondary N) is 1. The number of ether oxygens (including phenoxy) is 1. The van der Waals surface area contributed by atoms with Crippen molar-refractivity contribution >= 4 is 27.1 Å². The number of fused-ring (bicyclic) bond motifs is 1. The minimum atomic E-state index is -4.23. The lowest BCUT2D eigenvalue weighted by Gasteiger charge is -2.35. The predicted molar refractivity (Wildman–Crippen MR) is 90.7 cm³/mol. The molecule has 2 aromatic rings. The van der Waals surface area contributed by atoms with Crippen LogP contribution in [0.5, 0.6) is 5.75 Å². The fourth-order valence-corrected chi connectivity index (χ4v) is 4.21. The number of nitrogens with zero attached hydrogens (tertiary/aromatic N) is 1. The van der Waals surface area contributed by atoms with Gasteiger partial charge in [-0.3, -0.25) is 4.79 Å². The predicted octanol–water partition coefficient (Wildman–Crippen LogP) is 1.09. The highest BCUT2D eigenvalue weighted by Gasteiger charge is 2.35. The molecule has 8 heteroatoms. The van der Waals surface area contributed by atoms with Crippen molar-refractivity contribution in [1.29, 1.82) is 0 Å². The number of carbonyl (C=O) groups excluding carboxylic acids is 1. The average Bonchev–Trinajstić information content (AvgIpc) is 2.60. The van der Waals surface area contributed by atoms with Crippen molar-refractivity contribution < 1.29 is 23.1 Å². The Morgan fingerprint density at radius 2 is 1.76 bits per heavy atom. The van der Waals surface area contributed by atoms with Gasteiger partial charge in [0.05, 0.1) is 23.4 Å². The van der Waals surface area contributed by atoms with Crippen LogP contribution in [0.4, 0.5) is 11.4 Å². The number of rotatable bonds is 3. The van der Waals surface area contributed by atoms with Crippen LogP contribution < -0.4 is 20.1 Å². The molecule has 1 N–H and O–H groups in total. The van der Waals surface area contributed by atoms with Crippen LogP contribution in [0.15, 0.2) is 64.2 Å². The number of carbonyl (C=O) groups is 1. The summed E-state index contributed by atoms with van der Waals surface area (Å²) in [5.41, 5.74) is 0.508. The largest absolute Gasteiger partial charge is 0.859 e. The van der Waals surface area contributed by atoms with Crippen LogP contribution >= 0.6 is 0 Å². The first kappa shape index (κ1) is 16.8.